The summed E-state index contributed by atoms with van der Waals surface area (Å²) in [6.45, 7) is 9.11. The van der Waals surface area contributed by atoms with Crippen molar-refractivity contribution in [3.05, 3.63) is 69.2 Å². The Hall–Kier alpha value is -1.34. The van der Waals surface area contributed by atoms with Crippen LogP contribution in [0.1, 0.15) is 43.0 Å². The van der Waals surface area contributed by atoms with Crippen LogP contribution in [0.5, 0.6) is 0 Å². The Balaban J connectivity index is 2.30. The summed E-state index contributed by atoms with van der Waals surface area (Å²) in [5.74, 6) is 0. The van der Waals surface area contributed by atoms with E-state index in [-0.39, 0.29) is 5.41 Å². The van der Waals surface area contributed by atoms with Crippen LogP contribution < -0.4 is 0 Å². The Morgan fingerprint density at radius 3 is 2.30 bits per heavy atom. The molecule has 20 heavy (non-hydrogen) atoms. The molecule has 102 valence electrons. The molecule has 1 heteroatoms. The Kier molecular flexibility index (Phi) is 3.13. The highest BCUT2D eigenvalue weighted by atomic mass is 79.9. The van der Waals surface area contributed by atoms with E-state index in [9.17, 15) is 0 Å². The van der Waals surface area contributed by atoms with Crippen LogP contribution in [0, 0.1) is 6.92 Å². The Morgan fingerprint density at radius 2 is 1.60 bits per heavy atom. The molecule has 0 N–H and O–H groups in total. The largest absolute Gasteiger partial charge is 0.0619 e. The highest BCUT2D eigenvalue weighted by Gasteiger charge is 2.36. The van der Waals surface area contributed by atoms with Gasteiger partial charge < -0.3 is 0 Å². The molecule has 0 atom stereocenters. The monoisotopic (exact) mass is 326 g/mol. The molecule has 0 saturated carbocycles. The lowest BCUT2D eigenvalue weighted by Gasteiger charge is -2.26. The molecule has 0 radical (unpaired) electrons. The van der Waals surface area contributed by atoms with Crippen molar-refractivity contribution < 1.29 is 0 Å². The molecular formula is C19H19Br. The summed E-state index contributed by atoms with van der Waals surface area (Å²) in [7, 11) is 0. The smallest absolute Gasteiger partial charge is 0.0181 e. The zero-order valence-corrected chi connectivity index (χ0v) is 14.0. The maximum absolute atomic E-state index is 3.61. The molecule has 0 saturated heterocycles. The van der Waals surface area contributed by atoms with Gasteiger partial charge in [-0.1, -0.05) is 60.1 Å². The van der Waals surface area contributed by atoms with Gasteiger partial charge in [-0.2, -0.15) is 0 Å². The molecule has 1 aliphatic carbocycles. The number of hydrogen-bond acceptors (Lipinski definition) is 0. The van der Waals surface area contributed by atoms with Crippen molar-refractivity contribution >= 4 is 27.1 Å². The standard InChI is InChI=1S/C19H19Br/c1-12-9-10-14(20)11-16(12)18-13(2)15-7-5-6-8-17(15)19(18,3)4/h5-11H,1-4H3. The third-order valence-corrected chi connectivity index (χ3v) is 4.97. The van der Waals surface area contributed by atoms with Crippen LogP contribution in [0.3, 0.4) is 0 Å². The first-order valence-corrected chi connectivity index (χ1v) is 7.80. The van der Waals surface area contributed by atoms with E-state index in [1.165, 1.54) is 33.4 Å². The van der Waals surface area contributed by atoms with Crippen LogP contribution in [0.2, 0.25) is 0 Å². The Morgan fingerprint density at radius 1 is 0.900 bits per heavy atom. The average molecular weight is 327 g/mol. The van der Waals surface area contributed by atoms with Gasteiger partial charge in [-0.3, -0.25) is 0 Å². The molecule has 0 bridgehead atoms. The Bertz CT molecular complexity index is 720. The molecule has 3 rings (SSSR count). The SMILES string of the molecule is CC1=C(c2cc(Br)ccc2C)C(C)(C)c2ccccc21. The molecule has 0 heterocycles. The van der Waals surface area contributed by atoms with E-state index in [0.717, 1.165) is 4.47 Å². The second kappa shape index (κ2) is 4.60. The second-order valence-corrected chi connectivity index (χ2v) is 7.05. The van der Waals surface area contributed by atoms with Crippen LogP contribution in [-0.2, 0) is 5.41 Å². The van der Waals surface area contributed by atoms with E-state index in [0.29, 0.717) is 0 Å². The average Bonchev–Trinajstić information content (AvgIpc) is 2.61. The van der Waals surface area contributed by atoms with E-state index in [2.05, 4.69) is 86.1 Å². The van der Waals surface area contributed by atoms with Crippen LogP contribution in [0.25, 0.3) is 11.1 Å². The third kappa shape index (κ3) is 1.88. The molecule has 0 aromatic heterocycles. The van der Waals surface area contributed by atoms with Crippen molar-refractivity contribution in [2.45, 2.75) is 33.1 Å². The third-order valence-electron chi connectivity index (χ3n) is 4.47. The number of hydrogen-bond donors (Lipinski definition) is 0. The molecule has 0 fully saturated rings. The van der Waals surface area contributed by atoms with Crippen LogP contribution >= 0.6 is 15.9 Å². The summed E-state index contributed by atoms with van der Waals surface area (Å²) >= 11 is 3.61. The molecule has 0 amide bonds. The molecular weight excluding hydrogens is 308 g/mol. The summed E-state index contributed by atoms with van der Waals surface area (Å²) in [6, 6.07) is 15.3. The van der Waals surface area contributed by atoms with E-state index in [4.69, 9.17) is 0 Å². The number of allylic oxidation sites excluding steroid dienone is 2. The number of aryl methyl sites for hydroxylation is 1. The lowest BCUT2D eigenvalue weighted by molar-refractivity contribution is 0.703. The molecule has 0 spiro atoms. The van der Waals surface area contributed by atoms with Gasteiger partial charge in [-0.15, -0.1) is 0 Å². The van der Waals surface area contributed by atoms with Gasteiger partial charge in [-0.25, -0.2) is 0 Å². The van der Waals surface area contributed by atoms with Crippen molar-refractivity contribution in [2.75, 3.05) is 0 Å². The first kappa shape index (κ1) is 13.6. The lowest BCUT2D eigenvalue weighted by atomic mass is 9.77. The Labute approximate surface area is 129 Å². The van der Waals surface area contributed by atoms with Crippen molar-refractivity contribution in [3.8, 4) is 0 Å². The summed E-state index contributed by atoms with van der Waals surface area (Å²) in [5, 5.41) is 0. The van der Waals surface area contributed by atoms with Gasteiger partial charge in [0.05, 0.1) is 0 Å². The predicted octanol–water partition coefficient (Wildman–Crippen LogP) is 5.98. The van der Waals surface area contributed by atoms with Gasteiger partial charge in [0.1, 0.15) is 0 Å². The minimum atomic E-state index is 0.0617. The van der Waals surface area contributed by atoms with Gasteiger partial charge in [0.15, 0.2) is 0 Å². The number of rotatable bonds is 1. The molecule has 0 nitrogen and oxygen atoms in total. The summed E-state index contributed by atoms with van der Waals surface area (Å²) in [4.78, 5) is 0. The fourth-order valence-corrected chi connectivity index (χ4v) is 3.86. The van der Waals surface area contributed by atoms with Crippen LogP contribution in [-0.4, -0.2) is 0 Å². The predicted molar refractivity (Wildman–Crippen MR) is 90.8 cm³/mol. The maximum Gasteiger partial charge on any atom is 0.0181 e. The van der Waals surface area contributed by atoms with Gasteiger partial charge in [0.25, 0.3) is 0 Å². The van der Waals surface area contributed by atoms with Crippen molar-refractivity contribution in [2.24, 2.45) is 0 Å². The number of benzene rings is 2. The fourth-order valence-electron chi connectivity index (χ4n) is 3.50. The summed E-state index contributed by atoms with van der Waals surface area (Å²) < 4.78 is 1.14. The van der Waals surface area contributed by atoms with Crippen molar-refractivity contribution in [3.63, 3.8) is 0 Å². The number of halogens is 1. The normalized spacial score (nSPS) is 16.4. The van der Waals surface area contributed by atoms with Gasteiger partial charge in [0, 0.05) is 9.89 Å². The molecule has 0 aliphatic heterocycles. The lowest BCUT2D eigenvalue weighted by Crippen LogP contribution is -2.17. The summed E-state index contributed by atoms with van der Waals surface area (Å²) in [6.07, 6.45) is 0. The van der Waals surface area contributed by atoms with E-state index < -0.39 is 0 Å². The zero-order valence-electron chi connectivity index (χ0n) is 12.4. The van der Waals surface area contributed by atoms with Gasteiger partial charge in [-0.05, 0) is 59.4 Å². The quantitative estimate of drug-likeness (QED) is 0.604. The molecule has 0 unspecified atom stereocenters. The summed E-state index contributed by atoms with van der Waals surface area (Å²) in [5.41, 5.74) is 8.45. The first-order valence-electron chi connectivity index (χ1n) is 7.00. The van der Waals surface area contributed by atoms with Gasteiger partial charge >= 0.3 is 0 Å². The fraction of sp³-hybridized carbons (Fsp3) is 0.263. The first-order chi connectivity index (χ1) is 9.43. The van der Waals surface area contributed by atoms with Crippen LogP contribution in [0.15, 0.2) is 46.9 Å². The van der Waals surface area contributed by atoms with Crippen molar-refractivity contribution in [1.29, 1.82) is 0 Å². The number of fused-ring (bicyclic) bond motifs is 1. The minimum Gasteiger partial charge on any atom is -0.0619 e. The van der Waals surface area contributed by atoms with E-state index in [1.54, 1.807) is 0 Å². The molecule has 2 aromatic carbocycles. The molecule has 1 aliphatic rings. The highest BCUT2D eigenvalue weighted by Crippen LogP contribution is 2.51. The highest BCUT2D eigenvalue weighted by molar-refractivity contribution is 9.10. The molecule has 2 aromatic rings. The minimum absolute atomic E-state index is 0.0617. The van der Waals surface area contributed by atoms with Crippen molar-refractivity contribution in [1.82, 2.24) is 0 Å². The van der Waals surface area contributed by atoms with E-state index >= 15 is 0 Å². The van der Waals surface area contributed by atoms with Crippen LogP contribution in [0.4, 0.5) is 0 Å². The second-order valence-electron chi connectivity index (χ2n) is 6.13. The topological polar surface area (TPSA) is 0 Å². The zero-order chi connectivity index (χ0) is 14.5. The van der Waals surface area contributed by atoms with E-state index in [1.807, 2.05) is 0 Å². The van der Waals surface area contributed by atoms with Gasteiger partial charge in [0.2, 0.25) is 0 Å². The maximum atomic E-state index is 3.61.